The standard InChI is InChI=1S/C29H40Br2.CH4/c1-3-5-7-9-11-13-19-29(20-14-12-10-8-6-4-2)27-21-23(30)15-17-25(27)26-18-16-24(31)22-28(26)29;/h15-18,21-22H,3-14,19-20H2,1-2H3;1H4. The van der Waals surface area contributed by atoms with Crippen molar-refractivity contribution in [3.63, 3.8) is 0 Å². The van der Waals surface area contributed by atoms with Crippen LogP contribution in [0.25, 0.3) is 11.1 Å². The molecule has 2 aromatic carbocycles. The summed E-state index contributed by atoms with van der Waals surface area (Å²) in [7, 11) is 0. The lowest BCUT2D eigenvalue weighted by Gasteiger charge is -2.33. The summed E-state index contributed by atoms with van der Waals surface area (Å²) < 4.78 is 2.43. The summed E-state index contributed by atoms with van der Waals surface area (Å²) in [4.78, 5) is 0. The maximum absolute atomic E-state index is 3.79. The maximum Gasteiger partial charge on any atom is 0.0216 e. The van der Waals surface area contributed by atoms with E-state index in [0.29, 0.717) is 0 Å². The second-order valence-corrected chi connectivity index (χ2v) is 11.3. The van der Waals surface area contributed by atoms with Crippen molar-refractivity contribution in [2.45, 2.75) is 117 Å². The molecule has 0 saturated carbocycles. The van der Waals surface area contributed by atoms with Crippen molar-refractivity contribution in [2.75, 3.05) is 0 Å². The molecule has 0 radical (unpaired) electrons. The molecule has 1 aliphatic rings. The van der Waals surface area contributed by atoms with Gasteiger partial charge >= 0.3 is 0 Å². The van der Waals surface area contributed by atoms with E-state index in [-0.39, 0.29) is 12.8 Å². The average molecular weight is 564 g/mol. The molecule has 0 N–H and O–H groups in total. The third-order valence-corrected chi connectivity index (χ3v) is 8.19. The molecule has 0 aliphatic heterocycles. The first-order valence-electron chi connectivity index (χ1n) is 12.7. The molecule has 0 aromatic heterocycles. The van der Waals surface area contributed by atoms with Crippen LogP contribution in [-0.4, -0.2) is 0 Å². The Hall–Kier alpha value is -0.600. The van der Waals surface area contributed by atoms with Gasteiger partial charge in [-0.2, -0.15) is 0 Å². The number of benzene rings is 2. The van der Waals surface area contributed by atoms with Crippen LogP contribution >= 0.6 is 31.9 Å². The first-order chi connectivity index (χ1) is 15.1. The molecule has 2 aromatic rings. The van der Waals surface area contributed by atoms with Gasteiger partial charge in [-0.05, 0) is 59.4 Å². The lowest BCUT2D eigenvalue weighted by Crippen LogP contribution is -2.25. The molecule has 178 valence electrons. The van der Waals surface area contributed by atoms with Crippen molar-refractivity contribution in [2.24, 2.45) is 0 Å². The third kappa shape index (κ3) is 6.72. The van der Waals surface area contributed by atoms with Gasteiger partial charge in [0.25, 0.3) is 0 Å². The van der Waals surface area contributed by atoms with Gasteiger partial charge in [0.2, 0.25) is 0 Å². The largest absolute Gasteiger partial charge is 0.0776 e. The maximum atomic E-state index is 3.79. The zero-order chi connectivity index (χ0) is 22.1. The fraction of sp³-hybridized carbons (Fsp3) is 0.600. The van der Waals surface area contributed by atoms with Crippen molar-refractivity contribution >= 4 is 31.9 Å². The van der Waals surface area contributed by atoms with E-state index in [9.17, 15) is 0 Å². The SMILES string of the molecule is C.CCCCCCCCC1(CCCCCCCC)c2cc(Br)ccc2-c2ccc(Br)cc21. The monoisotopic (exact) mass is 562 g/mol. The van der Waals surface area contributed by atoms with Crippen LogP contribution in [0.2, 0.25) is 0 Å². The van der Waals surface area contributed by atoms with Gasteiger partial charge in [0.05, 0.1) is 0 Å². The third-order valence-electron chi connectivity index (χ3n) is 7.20. The molecule has 0 heterocycles. The van der Waals surface area contributed by atoms with Gasteiger partial charge in [-0.1, -0.05) is 142 Å². The van der Waals surface area contributed by atoms with E-state index in [2.05, 4.69) is 82.1 Å². The highest BCUT2D eigenvalue weighted by atomic mass is 79.9. The van der Waals surface area contributed by atoms with Crippen LogP contribution in [0, 0.1) is 0 Å². The first-order valence-corrected chi connectivity index (χ1v) is 14.3. The number of hydrogen-bond donors (Lipinski definition) is 0. The molecule has 0 nitrogen and oxygen atoms in total. The summed E-state index contributed by atoms with van der Waals surface area (Å²) in [6.07, 6.45) is 18.9. The zero-order valence-corrected chi connectivity index (χ0v) is 22.8. The Balaban J connectivity index is 0.00000363. The van der Waals surface area contributed by atoms with Crippen molar-refractivity contribution in [1.29, 1.82) is 0 Å². The van der Waals surface area contributed by atoms with Crippen molar-refractivity contribution in [1.82, 2.24) is 0 Å². The fourth-order valence-corrected chi connectivity index (χ4v) is 6.24. The van der Waals surface area contributed by atoms with Gasteiger partial charge in [-0.3, -0.25) is 0 Å². The van der Waals surface area contributed by atoms with Crippen molar-refractivity contribution in [3.8, 4) is 11.1 Å². The predicted octanol–water partition coefficient (Wildman–Crippen LogP) is 11.6. The van der Waals surface area contributed by atoms with Gasteiger partial charge in [0, 0.05) is 14.4 Å². The van der Waals surface area contributed by atoms with Crippen LogP contribution in [0.5, 0.6) is 0 Å². The first kappa shape index (κ1) is 27.6. The second kappa shape index (κ2) is 14.0. The molecule has 32 heavy (non-hydrogen) atoms. The topological polar surface area (TPSA) is 0 Å². The Morgan fingerprint density at radius 1 is 0.562 bits per heavy atom. The van der Waals surface area contributed by atoms with E-state index in [1.165, 1.54) is 110 Å². The number of hydrogen-bond acceptors (Lipinski definition) is 0. The van der Waals surface area contributed by atoms with Crippen molar-refractivity contribution in [3.05, 3.63) is 56.5 Å². The van der Waals surface area contributed by atoms with Gasteiger partial charge in [0.1, 0.15) is 0 Å². The average Bonchev–Trinajstić information content (AvgIpc) is 3.02. The van der Waals surface area contributed by atoms with Crippen LogP contribution in [0.1, 0.15) is 122 Å². The Labute approximate surface area is 215 Å². The Morgan fingerprint density at radius 2 is 0.938 bits per heavy atom. The van der Waals surface area contributed by atoms with Crippen molar-refractivity contribution < 1.29 is 0 Å². The molecule has 0 unspecified atom stereocenters. The summed E-state index contributed by atoms with van der Waals surface area (Å²) in [5.74, 6) is 0. The van der Waals surface area contributed by atoms with E-state index in [4.69, 9.17) is 0 Å². The highest BCUT2D eigenvalue weighted by Gasteiger charge is 2.42. The Morgan fingerprint density at radius 3 is 1.34 bits per heavy atom. The summed E-state index contributed by atoms with van der Waals surface area (Å²) >= 11 is 7.57. The van der Waals surface area contributed by atoms with Crippen LogP contribution in [0.15, 0.2) is 45.3 Å². The summed E-state index contributed by atoms with van der Waals surface area (Å²) in [5.41, 5.74) is 6.23. The normalized spacial score (nSPS) is 13.5. The van der Waals surface area contributed by atoms with E-state index in [1.54, 1.807) is 11.1 Å². The van der Waals surface area contributed by atoms with Gasteiger partial charge in [0.15, 0.2) is 0 Å². The molecule has 1 aliphatic carbocycles. The second-order valence-electron chi connectivity index (χ2n) is 9.50. The molecule has 0 bridgehead atoms. The molecule has 3 rings (SSSR count). The lowest BCUT2D eigenvalue weighted by atomic mass is 9.70. The molecule has 0 fully saturated rings. The highest BCUT2D eigenvalue weighted by molar-refractivity contribution is 9.10. The fourth-order valence-electron chi connectivity index (χ4n) is 5.52. The number of rotatable bonds is 14. The van der Waals surface area contributed by atoms with E-state index >= 15 is 0 Å². The zero-order valence-electron chi connectivity index (χ0n) is 19.6. The molecule has 0 atom stereocenters. The minimum Gasteiger partial charge on any atom is -0.0776 e. The van der Waals surface area contributed by atoms with Gasteiger partial charge in [-0.25, -0.2) is 0 Å². The Kier molecular flexibility index (Phi) is 12.1. The Bertz CT molecular complexity index is 754. The molecular formula is C30H44Br2. The minimum absolute atomic E-state index is 0. The van der Waals surface area contributed by atoms with E-state index < -0.39 is 0 Å². The van der Waals surface area contributed by atoms with Gasteiger partial charge in [-0.15, -0.1) is 0 Å². The number of unbranched alkanes of at least 4 members (excludes halogenated alkanes) is 10. The predicted molar refractivity (Wildman–Crippen MR) is 151 cm³/mol. The molecule has 0 saturated heterocycles. The molecular weight excluding hydrogens is 520 g/mol. The summed E-state index contributed by atoms with van der Waals surface area (Å²) in [6, 6.07) is 14.0. The number of fused-ring (bicyclic) bond motifs is 3. The molecule has 0 spiro atoms. The van der Waals surface area contributed by atoms with E-state index in [1.807, 2.05) is 0 Å². The molecule has 0 amide bonds. The van der Waals surface area contributed by atoms with Crippen LogP contribution in [0.3, 0.4) is 0 Å². The smallest absolute Gasteiger partial charge is 0.0216 e. The number of halogens is 2. The summed E-state index contributed by atoms with van der Waals surface area (Å²) in [5, 5.41) is 0. The van der Waals surface area contributed by atoms with Crippen LogP contribution < -0.4 is 0 Å². The van der Waals surface area contributed by atoms with Crippen LogP contribution in [-0.2, 0) is 5.41 Å². The van der Waals surface area contributed by atoms with Crippen LogP contribution in [0.4, 0.5) is 0 Å². The molecule has 2 heteroatoms. The lowest BCUT2D eigenvalue weighted by molar-refractivity contribution is 0.397. The highest BCUT2D eigenvalue weighted by Crippen LogP contribution is 2.55. The quantitative estimate of drug-likeness (QED) is 0.200. The van der Waals surface area contributed by atoms with Gasteiger partial charge < -0.3 is 0 Å². The minimum atomic E-state index is 0. The van der Waals surface area contributed by atoms with E-state index in [0.717, 1.165) is 0 Å². The summed E-state index contributed by atoms with van der Waals surface area (Å²) in [6.45, 7) is 4.61.